The van der Waals surface area contributed by atoms with Gasteiger partial charge in [0.15, 0.2) is 0 Å². The summed E-state index contributed by atoms with van der Waals surface area (Å²) in [5.41, 5.74) is 1.32. The highest BCUT2D eigenvalue weighted by molar-refractivity contribution is 5.50. The quantitative estimate of drug-likeness (QED) is 0.826. The highest BCUT2D eigenvalue weighted by Crippen LogP contribution is 2.26. The van der Waals surface area contributed by atoms with Crippen molar-refractivity contribution in [3.8, 4) is 5.75 Å². The molecule has 0 radical (unpaired) electrons. The second kappa shape index (κ2) is 8.28. The van der Waals surface area contributed by atoms with Crippen LogP contribution in [0, 0.1) is 0 Å². The Balaban J connectivity index is 1.90. The first-order chi connectivity index (χ1) is 10.2. The molecule has 1 aromatic carbocycles. The lowest BCUT2D eigenvalue weighted by atomic mass is 9.97. The van der Waals surface area contributed by atoms with Gasteiger partial charge in [0.25, 0.3) is 0 Å². The number of piperidine rings is 1. The van der Waals surface area contributed by atoms with Gasteiger partial charge in [0.2, 0.25) is 0 Å². The molecule has 2 atom stereocenters. The van der Waals surface area contributed by atoms with Gasteiger partial charge in [0, 0.05) is 24.3 Å². The predicted octanol–water partition coefficient (Wildman–Crippen LogP) is 3.83. The van der Waals surface area contributed by atoms with Crippen LogP contribution in [0.3, 0.4) is 0 Å². The number of ether oxygens (including phenoxy) is 1. The van der Waals surface area contributed by atoms with Crippen molar-refractivity contribution >= 4 is 5.69 Å². The van der Waals surface area contributed by atoms with Crippen molar-refractivity contribution < 1.29 is 4.74 Å². The van der Waals surface area contributed by atoms with Gasteiger partial charge in [0.05, 0.1) is 6.61 Å². The van der Waals surface area contributed by atoms with Gasteiger partial charge in [0.1, 0.15) is 5.75 Å². The molecule has 3 heteroatoms. The van der Waals surface area contributed by atoms with Crippen molar-refractivity contribution in [1.29, 1.82) is 0 Å². The van der Waals surface area contributed by atoms with Crippen LogP contribution in [0.2, 0.25) is 0 Å². The van der Waals surface area contributed by atoms with Crippen LogP contribution < -0.4 is 15.0 Å². The van der Waals surface area contributed by atoms with E-state index in [1.807, 2.05) is 0 Å². The Morgan fingerprint density at radius 2 is 1.95 bits per heavy atom. The average molecular weight is 290 g/mol. The number of anilines is 1. The summed E-state index contributed by atoms with van der Waals surface area (Å²) in [5.74, 6) is 0.979. The van der Waals surface area contributed by atoms with E-state index in [-0.39, 0.29) is 0 Å². The minimum Gasteiger partial charge on any atom is -0.494 e. The first-order valence-corrected chi connectivity index (χ1v) is 8.47. The third-order valence-electron chi connectivity index (χ3n) is 4.20. The molecular weight excluding hydrogens is 260 g/mol. The van der Waals surface area contributed by atoms with Crippen LogP contribution in [0.5, 0.6) is 5.75 Å². The average Bonchev–Trinajstić information content (AvgIpc) is 2.52. The molecule has 1 N–H and O–H groups in total. The molecule has 1 fully saturated rings. The number of nitrogens with one attached hydrogen (secondary N) is 1. The van der Waals surface area contributed by atoms with Gasteiger partial charge in [-0.1, -0.05) is 13.8 Å². The second-order valence-electron chi connectivity index (χ2n) is 6.06. The van der Waals surface area contributed by atoms with Crippen molar-refractivity contribution in [2.75, 3.05) is 24.6 Å². The van der Waals surface area contributed by atoms with Gasteiger partial charge in [-0.2, -0.15) is 0 Å². The molecule has 1 saturated heterocycles. The Kier molecular flexibility index (Phi) is 6.37. The van der Waals surface area contributed by atoms with Gasteiger partial charge < -0.3 is 15.0 Å². The Labute approximate surface area is 129 Å². The standard InChI is InChI=1S/C18H30N2O/c1-4-11-19-16-10-12-20(15(3)14-16)17-6-8-18(9-7-17)21-13-5-2/h6-9,15-16,19H,4-5,10-14H2,1-3H3. The lowest BCUT2D eigenvalue weighted by molar-refractivity contribution is 0.317. The summed E-state index contributed by atoms with van der Waals surface area (Å²) < 4.78 is 5.66. The van der Waals surface area contributed by atoms with Gasteiger partial charge in [-0.25, -0.2) is 0 Å². The highest BCUT2D eigenvalue weighted by Gasteiger charge is 2.24. The monoisotopic (exact) mass is 290 g/mol. The molecule has 21 heavy (non-hydrogen) atoms. The molecule has 0 aliphatic carbocycles. The first-order valence-electron chi connectivity index (χ1n) is 8.47. The van der Waals surface area contributed by atoms with Gasteiger partial charge in [-0.15, -0.1) is 0 Å². The SMILES string of the molecule is CCCNC1CCN(c2ccc(OCCC)cc2)C(C)C1. The summed E-state index contributed by atoms with van der Waals surface area (Å²) in [5, 5.41) is 3.66. The molecule has 2 rings (SSSR count). The fraction of sp³-hybridized carbons (Fsp3) is 0.667. The van der Waals surface area contributed by atoms with Crippen LogP contribution in [-0.4, -0.2) is 31.8 Å². The van der Waals surface area contributed by atoms with Crippen LogP contribution in [0.15, 0.2) is 24.3 Å². The third-order valence-corrected chi connectivity index (χ3v) is 4.20. The maximum absolute atomic E-state index is 5.66. The van der Waals surface area contributed by atoms with Crippen LogP contribution in [-0.2, 0) is 0 Å². The van der Waals surface area contributed by atoms with E-state index >= 15 is 0 Å². The highest BCUT2D eigenvalue weighted by atomic mass is 16.5. The van der Waals surface area contributed by atoms with E-state index in [9.17, 15) is 0 Å². The zero-order valence-electron chi connectivity index (χ0n) is 13.8. The van der Waals surface area contributed by atoms with E-state index in [1.165, 1.54) is 24.9 Å². The third kappa shape index (κ3) is 4.63. The molecule has 1 aliphatic heterocycles. The summed E-state index contributed by atoms with van der Waals surface area (Å²) in [6.07, 6.45) is 4.73. The van der Waals surface area contributed by atoms with Crippen molar-refractivity contribution in [3.63, 3.8) is 0 Å². The maximum atomic E-state index is 5.66. The van der Waals surface area contributed by atoms with E-state index in [0.29, 0.717) is 12.1 Å². The fourth-order valence-electron chi connectivity index (χ4n) is 3.04. The normalized spacial score (nSPS) is 22.3. The zero-order valence-corrected chi connectivity index (χ0v) is 13.8. The van der Waals surface area contributed by atoms with E-state index in [0.717, 1.165) is 31.9 Å². The Morgan fingerprint density at radius 1 is 1.19 bits per heavy atom. The first kappa shape index (κ1) is 16.2. The molecule has 118 valence electrons. The minimum atomic E-state index is 0.593. The second-order valence-corrected chi connectivity index (χ2v) is 6.06. The van der Waals surface area contributed by atoms with E-state index < -0.39 is 0 Å². The topological polar surface area (TPSA) is 24.5 Å². The van der Waals surface area contributed by atoms with Crippen LogP contribution >= 0.6 is 0 Å². The minimum absolute atomic E-state index is 0.593. The zero-order chi connectivity index (χ0) is 15.1. The molecule has 2 unspecified atom stereocenters. The molecular formula is C18H30N2O. The number of rotatable bonds is 7. The summed E-state index contributed by atoms with van der Waals surface area (Å²) in [6, 6.07) is 9.86. The van der Waals surface area contributed by atoms with Crippen LogP contribution in [0.25, 0.3) is 0 Å². The molecule has 1 aromatic rings. The molecule has 0 saturated carbocycles. The number of hydrogen-bond acceptors (Lipinski definition) is 3. The Bertz CT molecular complexity index is 404. The molecule has 1 heterocycles. The van der Waals surface area contributed by atoms with Gasteiger partial charge in [-0.05, 0) is 63.4 Å². The van der Waals surface area contributed by atoms with Gasteiger partial charge >= 0.3 is 0 Å². The molecule has 0 bridgehead atoms. The Hall–Kier alpha value is -1.22. The number of nitrogens with zero attached hydrogens (tertiary/aromatic N) is 1. The molecule has 0 amide bonds. The van der Waals surface area contributed by atoms with E-state index in [2.05, 4.69) is 55.3 Å². The largest absolute Gasteiger partial charge is 0.494 e. The molecule has 1 aliphatic rings. The lowest BCUT2D eigenvalue weighted by Gasteiger charge is -2.39. The number of benzene rings is 1. The van der Waals surface area contributed by atoms with E-state index in [1.54, 1.807) is 0 Å². The number of hydrogen-bond donors (Lipinski definition) is 1. The summed E-state index contributed by atoms with van der Waals surface area (Å²) >= 11 is 0. The Morgan fingerprint density at radius 3 is 2.57 bits per heavy atom. The summed E-state index contributed by atoms with van der Waals surface area (Å²) in [4.78, 5) is 2.52. The van der Waals surface area contributed by atoms with Crippen molar-refractivity contribution in [2.45, 2.75) is 58.5 Å². The maximum Gasteiger partial charge on any atom is 0.119 e. The van der Waals surface area contributed by atoms with Crippen molar-refractivity contribution in [2.24, 2.45) is 0 Å². The fourth-order valence-corrected chi connectivity index (χ4v) is 3.04. The molecule has 0 spiro atoms. The van der Waals surface area contributed by atoms with Crippen molar-refractivity contribution in [1.82, 2.24) is 5.32 Å². The lowest BCUT2D eigenvalue weighted by Crippen LogP contribution is -2.47. The van der Waals surface area contributed by atoms with Crippen LogP contribution in [0.4, 0.5) is 5.69 Å². The van der Waals surface area contributed by atoms with Crippen molar-refractivity contribution in [3.05, 3.63) is 24.3 Å². The van der Waals surface area contributed by atoms with E-state index in [4.69, 9.17) is 4.74 Å². The summed E-state index contributed by atoms with van der Waals surface area (Å²) in [6.45, 7) is 9.77. The predicted molar refractivity (Wildman–Crippen MR) is 90.4 cm³/mol. The molecule has 0 aromatic heterocycles. The van der Waals surface area contributed by atoms with Gasteiger partial charge in [-0.3, -0.25) is 0 Å². The molecule has 3 nitrogen and oxygen atoms in total. The smallest absolute Gasteiger partial charge is 0.119 e. The van der Waals surface area contributed by atoms with Crippen LogP contribution in [0.1, 0.15) is 46.5 Å². The summed E-state index contributed by atoms with van der Waals surface area (Å²) in [7, 11) is 0.